The van der Waals surface area contributed by atoms with E-state index in [2.05, 4.69) is 119 Å². The molecule has 0 unspecified atom stereocenters. The average Bonchev–Trinajstić information content (AvgIpc) is 3.53. The number of hydrogen-bond donors (Lipinski definition) is 0. The first kappa shape index (κ1) is 16.5. The maximum atomic E-state index is 6.15. The average molecular weight is 398 g/mol. The molecule has 4 aromatic carbocycles. The van der Waals surface area contributed by atoms with Crippen molar-refractivity contribution in [3.63, 3.8) is 0 Å². The largest absolute Gasteiger partial charge is 0.456 e. The summed E-state index contributed by atoms with van der Waals surface area (Å²) in [5.41, 5.74) is 6.49. The molecule has 0 saturated heterocycles. The number of rotatable bonds is 2. The van der Waals surface area contributed by atoms with Crippen molar-refractivity contribution < 1.29 is 4.42 Å². The zero-order chi connectivity index (χ0) is 20.4. The highest BCUT2D eigenvalue weighted by atomic mass is 16.3. The van der Waals surface area contributed by atoms with Gasteiger partial charge in [-0.25, -0.2) is 0 Å². The van der Waals surface area contributed by atoms with E-state index in [-0.39, 0.29) is 0 Å². The minimum atomic E-state index is 0.907. The molecule has 0 amide bonds. The Morgan fingerprint density at radius 3 is 1.48 bits per heavy atom. The molecule has 3 nitrogen and oxygen atoms in total. The van der Waals surface area contributed by atoms with Gasteiger partial charge in [-0.15, -0.1) is 0 Å². The van der Waals surface area contributed by atoms with Crippen LogP contribution >= 0.6 is 0 Å². The van der Waals surface area contributed by atoms with Crippen LogP contribution in [0.4, 0.5) is 0 Å². The van der Waals surface area contributed by atoms with Crippen LogP contribution in [0.3, 0.4) is 0 Å². The van der Waals surface area contributed by atoms with E-state index in [9.17, 15) is 0 Å². The van der Waals surface area contributed by atoms with E-state index in [1.165, 1.54) is 21.8 Å². The summed E-state index contributed by atoms with van der Waals surface area (Å²) in [5.74, 6) is 0. The van der Waals surface area contributed by atoms with Crippen molar-refractivity contribution in [1.82, 2.24) is 9.13 Å². The molecular weight excluding hydrogens is 380 g/mol. The lowest BCUT2D eigenvalue weighted by molar-refractivity contribution is 0.669. The van der Waals surface area contributed by atoms with Crippen LogP contribution in [0.1, 0.15) is 0 Å². The van der Waals surface area contributed by atoms with E-state index in [0.29, 0.717) is 0 Å². The van der Waals surface area contributed by atoms with Crippen molar-refractivity contribution in [2.45, 2.75) is 0 Å². The minimum Gasteiger partial charge on any atom is -0.456 e. The maximum Gasteiger partial charge on any atom is 0.135 e. The molecule has 0 aliphatic heterocycles. The van der Waals surface area contributed by atoms with E-state index in [0.717, 1.165) is 33.3 Å². The highest BCUT2D eigenvalue weighted by molar-refractivity contribution is 6.06. The second-order valence-electron chi connectivity index (χ2n) is 7.95. The lowest BCUT2D eigenvalue weighted by Crippen LogP contribution is -1.92. The van der Waals surface area contributed by atoms with Crippen molar-refractivity contribution in [2.24, 2.45) is 0 Å². The van der Waals surface area contributed by atoms with Crippen molar-refractivity contribution in [3.05, 3.63) is 109 Å². The number of hydrogen-bond acceptors (Lipinski definition) is 1. The monoisotopic (exact) mass is 398 g/mol. The Kier molecular flexibility index (Phi) is 3.27. The molecule has 0 aliphatic rings. The first-order chi connectivity index (χ1) is 15.3. The quantitative estimate of drug-likeness (QED) is 0.296. The van der Waals surface area contributed by atoms with Gasteiger partial charge >= 0.3 is 0 Å². The van der Waals surface area contributed by atoms with E-state index in [1.54, 1.807) is 0 Å². The van der Waals surface area contributed by atoms with Crippen molar-refractivity contribution in [3.8, 4) is 11.4 Å². The van der Waals surface area contributed by atoms with Crippen molar-refractivity contribution >= 4 is 43.7 Å². The molecule has 0 atom stereocenters. The molecule has 3 heterocycles. The fourth-order valence-electron chi connectivity index (χ4n) is 4.67. The van der Waals surface area contributed by atoms with Gasteiger partial charge in [0.25, 0.3) is 0 Å². The summed E-state index contributed by atoms with van der Waals surface area (Å²) in [6, 6.07) is 34.1. The predicted molar refractivity (Wildman–Crippen MR) is 127 cm³/mol. The van der Waals surface area contributed by atoms with Crippen LogP contribution in [-0.4, -0.2) is 9.13 Å². The highest BCUT2D eigenvalue weighted by Gasteiger charge is 2.12. The molecule has 146 valence electrons. The standard InChI is InChI=1S/C28H18N2O/c1-3-7-25-19(5-1)13-15-29(25)21-9-11-27-23(17-21)24-18-22(10-12-28(24)31-27)30-16-14-20-6-2-4-8-26(20)30/h1-18H. The Balaban J connectivity index is 1.45. The molecule has 0 radical (unpaired) electrons. The van der Waals surface area contributed by atoms with Gasteiger partial charge in [0, 0.05) is 34.5 Å². The van der Waals surface area contributed by atoms with Gasteiger partial charge in [-0.2, -0.15) is 0 Å². The molecule has 0 saturated carbocycles. The third-order valence-corrected chi connectivity index (χ3v) is 6.19. The summed E-state index contributed by atoms with van der Waals surface area (Å²) < 4.78 is 10.6. The molecule has 7 aromatic rings. The summed E-state index contributed by atoms with van der Waals surface area (Å²) in [4.78, 5) is 0. The van der Waals surface area contributed by atoms with Gasteiger partial charge in [-0.1, -0.05) is 36.4 Å². The first-order valence-electron chi connectivity index (χ1n) is 10.4. The van der Waals surface area contributed by atoms with Crippen LogP contribution < -0.4 is 0 Å². The van der Waals surface area contributed by atoms with E-state index < -0.39 is 0 Å². The fraction of sp³-hybridized carbons (Fsp3) is 0. The molecule has 0 bridgehead atoms. The van der Waals surface area contributed by atoms with Gasteiger partial charge in [0.05, 0.1) is 11.0 Å². The van der Waals surface area contributed by atoms with Crippen LogP contribution in [0.5, 0.6) is 0 Å². The molecule has 3 heteroatoms. The summed E-state index contributed by atoms with van der Waals surface area (Å²) in [5, 5.41) is 4.73. The summed E-state index contributed by atoms with van der Waals surface area (Å²) in [6.45, 7) is 0. The molecule has 0 N–H and O–H groups in total. The Bertz CT molecular complexity index is 1620. The molecule has 0 fully saturated rings. The second-order valence-corrected chi connectivity index (χ2v) is 7.95. The van der Waals surface area contributed by atoms with Crippen LogP contribution in [0, 0.1) is 0 Å². The number of para-hydroxylation sites is 2. The van der Waals surface area contributed by atoms with Crippen molar-refractivity contribution in [1.29, 1.82) is 0 Å². The zero-order valence-corrected chi connectivity index (χ0v) is 16.7. The van der Waals surface area contributed by atoms with Gasteiger partial charge in [-0.3, -0.25) is 0 Å². The van der Waals surface area contributed by atoms with Crippen LogP contribution in [0.15, 0.2) is 114 Å². The second kappa shape index (κ2) is 6.13. The lowest BCUT2D eigenvalue weighted by Gasteiger charge is -2.07. The third-order valence-electron chi connectivity index (χ3n) is 6.19. The fourth-order valence-corrected chi connectivity index (χ4v) is 4.67. The Morgan fingerprint density at radius 1 is 0.484 bits per heavy atom. The first-order valence-corrected chi connectivity index (χ1v) is 10.4. The van der Waals surface area contributed by atoms with Gasteiger partial charge < -0.3 is 13.6 Å². The van der Waals surface area contributed by atoms with Gasteiger partial charge in [-0.05, 0) is 71.4 Å². The normalized spacial score (nSPS) is 11.9. The Labute approximate surface area is 178 Å². The summed E-state index contributed by atoms with van der Waals surface area (Å²) >= 11 is 0. The van der Waals surface area contributed by atoms with Gasteiger partial charge in [0.1, 0.15) is 11.2 Å². The number of aromatic nitrogens is 2. The summed E-state index contributed by atoms with van der Waals surface area (Å²) in [6.07, 6.45) is 4.26. The predicted octanol–water partition coefficient (Wildman–Crippen LogP) is 7.47. The number of nitrogens with zero attached hydrogens (tertiary/aromatic N) is 2. The van der Waals surface area contributed by atoms with Crippen LogP contribution in [-0.2, 0) is 0 Å². The topological polar surface area (TPSA) is 23.0 Å². The Hall–Kier alpha value is -4.24. The number of fused-ring (bicyclic) bond motifs is 5. The molecule has 3 aromatic heterocycles. The Morgan fingerprint density at radius 2 is 0.968 bits per heavy atom. The third kappa shape index (κ3) is 2.41. The molecule has 7 rings (SSSR count). The molecule has 0 aliphatic carbocycles. The molecule has 0 spiro atoms. The lowest BCUT2D eigenvalue weighted by atomic mass is 10.1. The van der Waals surface area contributed by atoms with Crippen molar-refractivity contribution in [2.75, 3.05) is 0 Å². The molecular formula is C28H18N2O. The van der Waals surface area contributed by atoms with E-state index in [4.69, 9.17) is 4.42 Å². The number of furan rings is 1. The zero-order valence-electron chi connectivity index (χ0n) is 16.7. The van der Waals surface area contributed by atoms with Crippen LogP contribution in [0.25, 0.3) is 55.1 Å². The molecule has 31 heavy (non-hydrogen) atoms. The van der Waals surface area contributed by atoms with E-state index in [1.807, 2.05) is 0 Å². The van der Waals surface area contributed by atoms with E-state index >= 15 is 0 Å². The van der Waals surface area contributed by atoms with Crippen LogP contribution in [0.2, 0.25) is 0 Å². The minimum absolute atomic E-state index is 0.907. The SMILES string of the molecule is c1ccc2c(c1)ccn2-c1ccc2oc3ccc(-n4ccc5ccccc54)cc3c2c1. The number of benzene rings is 4. The highest BCUT2D eigenvalue weighted by Crippen LogP contribution is 2.33. The van der Waals surface area contributed by atoms with Gasteiger partial charge in [0.2, 0.25) is 0 Å². The summed E-state index contributed by atoms with van der Waals surface area (Å²) in [7, 11) is 0. The smallest absolute Gasteiger partial charge is 0.135 e. The maximum absolute atomic E-state index is 6.15. The van der Waals surface area contributed by atoms with Gasteiger partial charge in [0.15, 0.2) is 0 Å².